The second kappa shape index (κ2) is 8.53. The lowest BCUT2D eigenvalue weighted by atomic mass is 10.0. The Morgan fingerprint density at radius 1 is 1.17 bits per heavy atom. The minimum Gasteiger partial charge on any atom is -0.497 e. The molecular formula is C22H25N3O4. The summed E-state index contributed by atoms with van der Waals surface area (Å²) in [7, 11) is 1.67. The highest BCUT2D eigenvalue weighted by atomic mass is 16.5. The largest absolute Gasteiger partial charge is 0.497 e. The number of hydrogen-bond acceptors (Lipinski definition) is 5. The molecule has 152 valence electrons. The third kappa shape index (κ3) is 4.51. The van der Waals surface area contributed by atoms with Gasteiger partial charge in [0.1, 0.15) is 12.3 Å². The van der Waals surface area contributed by atoms with Gasteiger partial charge in [-0.3, -0.25) is 14.3 Å². The summed E-state index contributed by atoms with van der Waals surface area (Å²) in [4.78, 5) is 26.9. The average molecular weight is 395 g/mol. The first-order valence-electron chi connectivity index (χ1n) is 9.85. The third-order valence-corrected chi connectivity index (χ3v) is 5.37. The number of amides is 1. The first kappa shape index (κ1) is 19.3. The SMILES string of the molecule is COc1cccc(CN2CCC(NC(=O)Cn3c(=O)oc4ccccc43)CC2)c1. The zero-order valence-corrected chi connectivity index (χ0v) is 16.5. The van der Waals surface area contributed by atoms with Gasteiger partial charge in [-0.2, -0.15) is 0 Å². The lowest BCUT2D eigenvalue weighted by Crippen LogP contribution is -2.45. The lowest BCUT2D eigenvalue weighted by Gasteiger charge is -2.32. The summed E-state index contributed by atoms with van der Waals surface area (Å²) in [5, 5.41) is 3.06. The van der Waals surface area contributed by atoms with E-state index in [4.69, 9.17) is 9.15 Å². The van der Waals surface area contributed by atoms with E-state index in [0.29, 0.717) is 11.1 Å². The number of carbonyl (C=O) groups excluding carboxylic acids is 1. The molecule has 3 aromatic rings. The number of carbonyl (C=O) groups is 1. The molecule has 1 aliphatic rings. The van der Waals surface area contributed by atoms with Crippen molar-refractivity contribution in [3.05, 3.63) is 64.6 Å². The van der Waals surface area contributed by atoms with Crippen molar-refractivity contribution in [2.75, 3.05) is 20.2 Å². The zero-order valence-electron chi connectivity index (χ0n) is 16.5. The Morgan fingerprint density at radius 3 is 2.76 bits per heavy atom. The molecule has 7 heteroatoms. The first-order valence-corrected chi connectivity index (χ1v) is 9.85. The van der Waals surface area contributed by atoms with Crippen molar-refractivity contribution in [1.29, 1.82) is 0 Å². The van der Waals surface area contributed by atoms with Crippen LogP contribution in [0.4, 0.5) is 0 Å². The molecule has 4 rings (SSSR count). The summed E-state index contributed by atoms with van der Waals surface area (Å²) in [6, 6.07) is 15.4. The maximum Gasteiger partial charge on any atom is 0.420 e. The van der Waals surface area contributed by atoms with Crippen molar-refractivity contribution in [2.45, 2.75) is 32.0 Å². The van der Waals surface area contributed by atoms with E-state index in [-0.39, 0.29) is 18.5 Å². The first-order chi connectivity index (χ1) is 14.1. The van der Waals surface area contributed by atoms with Crippen LogP contribution < -0.4 is 15.8 Å². The van der Waals surface area contributed by atoms with Gasteiger partial charge >= 0.3 is 5.76 Å². The fourth-order valence-electron chi connectivity index (χ4n) is 3.85. The molecule has 0 bridgehead atoms. The van der Waals surface area contributed by atoms with Crippen LogP contribution in [0.1, 0.15) is 18.4 Å². The van der Waals surface area contributed by atoms with Gasteiger partial charge in [-0.1, -0.05) is 24.3 Å². The number of piperidine rings is 1. The molecule has 0 aliphatic carbocycles. The Labute approximate surface area is 168 Å². The molecule has 2 aromatic carbocycles. The van der Waals surface area contributed by atoms with Crippen LogP contribution in [-0.2, 0) is 17.9 Å². The van der Waals surface area contributed by atoms with Crippen molar-refractivity contribution in [2.24, 2.45) is 0 Å². The molecule has 1 N–H and O–H groups in total. The van der Waals surface area contributed by atoms with E-state index >= 15 is 0 Å². The van der Waals surface area contributed by atoms with Gasteiger partial charge in [0, 0.05) is 25.7 Å². The highest BCUT2D eigenvalue weighted by Crippen LogP contribution is 2.18. The van der Waals surface area contributed by atoms with Crippen LogP contribution in [0, 0.1) is 0 Å². The van der Waals surface area contributed by atoms with E-state index < -0.39 is 5.76 Å². The van der Waals surface area contributed by atoms with Gasteiger partial charge in [0.05, 0.1) is 12.6 Å². The standard InChI is InChI=1S/C22H25N3O4/c1-28-18-6-4-5-16(13-18)14-24-11-9-17(10-12-24)23-21(26)15-25-19-7-2-3-8-20(19)29-22(25)27/h2-8,13,17H,9-12,14-15H2,1H3,(H,23,26). The molecule has 1 aromatic heterocycles. The second-order valence-corrected chi connectivity index (χ2v) is 7.39. The van der Waals surface area contributed by atoms with Crippen LogP contribution in [0.5, 0.6) is 5.75 Å². The van der Waals surface area contributed by atoms with Crippen molar-refractivity contribution >= 4 is 17.0 Å². The number of oxazole rings is 1. The molecule has 1 fully saturated rings. The maximum absolute atomic E-state index is 12.5. The Kier molecular flexibility index (Phi) is 5.67. The third-order valence-electron chi connectivity index (χ3n) is 5.37. The van der Waals surface area contributed by atoms with Gasteiger partial charge in [-0.25, -0.2) is 4.79 Å². The van der Waals surface area contributed by atoms with E-state index in [1.165, 1.54) is 10.1 Å². The summed E-state index contributed by atoms with van der Waals surface area (Å²) >= 11 is 0. The number of nitrogens with zero attached hydrogens (tertiary/aromatic N) is 2. The van der Waals surface area contributed by atoms with E-state index in [1.807, 2.05) is 18.2 Å². The Bertz CT molecular complexity index is 1050. The van der Waals surface area contributed by atoms with Crippen LogP contribution in [0.3, 0.4) is 0 Å². The summed E-state index contributed by atoms with van der Waals surface area (Å²) in [5.41, 5.74) is 2.36. The molecule has 0 saturated carbocycles. The Balaban J connectivity index is 1.29. The normalized spacial score (nSPS) is 15.5. The van der Waals surface area contributed by atoms with Crippen molar-refractivity contribution in [3.8, 4) is 5.75 Å². The topological polar surface area (TPSA) is 76.7 Å². The van der Waals surface area contributed by atoms with Gasteiger partial charge in [0.15, 0.2) is 5.58 Å². The van der Waals surface area contributed by atoms with E-state index in [9.17, 15) is 9.59 Å². The smallest absolute Gasteiger partial charge is 0.420 e. The average Bonchev–Trinajstić information content (AvgIpc) is 3.05. The highest BCUT2D eigenvalue weighted by molar-refractivity contribution is 5.79. The Morgan fingerprint density at radius 2 is 1.97 bits per heavy atom. The summed E-state index contributed by atoms with van der Waals surface area (Å²) in [6.45, 7) is 2.67. The zero-order chi connectivity index (χ0) is 20.2. The van der Waals surface area contributed by atoms with Gasteiger partial charge in [0.25, 0.3) is 0 Å². The van der Waals surface area contributed by atoms with Crippen molar-refractivity contribution in [1.82, 2.24) is 14.8 Å². The van der Waals surface area contributed by atoms with Gasteiger partial charge < -0.3 is 14.5 Å². The van der Waals surface area contributed by atoms with Crippen molar-refractivity contribution < 1.29 is 13.9 Å². The number of likely N-dealkylation sites (tertiary alicyclic amines) is 1. The number of fused-ring (bicyclic) bond motifs is 1. The summed E-state index contributed by atoms with van der Waals surface area (Å²) < 4.78 is 11.9. The molecular weight excluding hydrogens is 370 g/mol. The molecule has 0 radical (unpaired) electrons. The molecule has 1 aliphatic heterocycles. The lowest BCUT2D eigenvalue weighted by molar-refractivity contribution is -0.122. The number of hydrogen-bond donors (Lipinski definition) is 1. The molecule has 29 heavy (non-hydrogen) atoms. The van der Waals surface area contributed by atoms with E-state index in [1.54, 1.807) is 25.3 Å². The van der Waals surface area contributed by atoms with E-state index in [2.05, 4.69) is 22.3 Å². The number of rotatable bonds is 6. The van der Waals surface area contributed by atoms with Crippen LogP contribution >= 0.6 is 0 Å². The molecule has 1 amide bonds. The molecule has 7 nitrogen and oxygen atoms in total. The number of para-hydroxylation sites is 2. The second-order valence-electron chi connectivity index (χ2n) is 7.39. The van der Waals surface area contributed by atoms with Crippen LogP contribution in [-0.4, -0.2) is 41.6 Å². The molecule has 2 heterocycles. The fraction of sp³-hybridized carbons (Fsp3) is 0.364. The number of benzene rings is 2. The van der Waals surface area contributed by atoms with Gasteiger partial charge in [-0.05, 0) is 42.7 Å². The van der Waals surface area contributed by atoms with Crippen LogP contribution in [0.25, 0.3) is 11.1 Å². The fourth-order valence-corrected chi connectivity index (χ4v) is 3.85. The predicted octanol–water partition coefficient (Wildman–Crippen LogP) is 2.38. The molecule has 0 unspecified atom stereocenters. The number of methoxy groups -OCH3 is 1. The van der Waals surface area contributed by atoms with Gasteiger partial charge in [-0.15, -0.1) is 0 Å². The maximum atomic E-state index is 12.5. The summed E-state index contributed by atoms with van der Waals surface area (Å²) in [6.07, 6.45) is 1.77. The van der Waals surface area contributed by atoms with E-state index in [0.717, 1.165) is 38.2 Å². The number of nitrogens with one attached hydrogen (secondary N) is 1. The Hall–Kier alpha value is -3.06. The molecule has 0 atom stereocenters. The number of ether oxygens (including phenoxy) is 1. The minimum absolute atomic E-state index is 0.0279. The monoisotopic (exact) mass is 395 g/mol. The van der Waals surface area contributed by atoms with Crippen LogP contribution in [0.2, 0.25) is 0 Å². The van der Waals surface area contributed by atoms with Crippen LogP contribution in [0.15, 0.2) is 57.7 Å². The minimum atomic E-state index is -0.505. The van der Waals surface area contributed by atoms with Gasteiger partial charge in [0.2, 0.25) is 5.91 Å². The number of aromatic nitrogens is 1. The predicted molar refractivity (Wildman–Crippen MR) is 110 cm³/mol. The van der Waals surface area contributed by atoms with Crippen molar-refractivity contribution in [3.63, 3.8) is 0 Å². The molecule has 0 spiro atoms. The summed E-state index contributed by atoms with van der Waals surface area (Å²) in [5.74, 6) is 0.200. The highest BCUT2D eigenvalue weighted by Gasteiger charge is 2.21. The quantitative estimate of drug-likeness (QED) is 0.694. The molecule has 1 saturated heterocycles.